The molecule has 1 saturated heterocycles. The Bertz CT molecular complexity index is 709. The molecule has 0 radical (unpaired) electrons. The van der Waals surface area contributed by atoms with Gasteiger partial charge in [-0.3, -0.25) is 14.4 Å². The summed E-state index contributed by atoms with van der Waals surface area (Å²) < 4.78 is 0.777. The highest BCUT2D eigenvalue weighted by atomic mass is 79.9. The van der Waals surface area contributed by atoms with Crippen molar-refractivity contribution in [2.24, 2.45) is 0 Å². The van der Waals surface area contributed by atoms with Crippen LogP contribution < -0.4 is 10.6 Å². The van der Waals surface area contributed by atoms with E-state index in [1.807, 2.05) is 0 Å². The monoisotopic (exact) mass is 394 g/mol. The minimum Gasteiger partial charge on any atom is -0.337 e. The van der Waals surface area contributed by atoms with Gasteiger partial charge in [-0.15, -0.1) is 0 Å². The van der Waals surface area contributed by atoms with E-state index in [1.54, 1.807) is 42.0 Å². The summed E-state index contributed by atoms with van der Waals surface area (Å²) >= 11 is 3.36. The average molecular weight is 395 g/mol. The zero-order valence-corrected chi connectivity index (χ0v) is 15.1. The van der Waals surface area contributed by atoms with Crippen LogP contribution in [-0.2, 0) is 9.59 Å². The number of carbonyl (C=O) groups is 3. The normalized spacial score (nSPS) is 21.5. The van der Waals surface area contributed by atoms with Crippen molar-refractivity contribution in [3.63, 3.8) is 0 Å². The highest BCUT2D eigenvalue weighted by molar-refractivity contribution is 9.10. The van der Waals surface area contributed by atoms with Gasteiger partial charge in [-0.25, -0.2) is 0 Å². The van der Waals surface area contributed by atoms with Gasteiger partial charge in [0.15, 0.2) is 0 Å². The lowest BCUT2D eigenvalue weighted by atomic mass is 10.1. The van der Waals surface area contributed by atoms with Gasteiger partial charge in [-0.1, -0.05) is 15.9 Å². The number of carbonyl (C=O) groups excluding carboxylic acids is 3. The molecule has 0 saturated carbocycles. The number of fused-ring (bicyclic) bond motifs is 2. The van der Waals surface area contributed by atoms with Gasteiger partial charge >= 0.3 is 0 Å². The van der Waals surface area contributed by atoms with Crippen molar-refractivity contribution in [2.45, 2.75) is 19.0 Å². The summed E-state index contributed by atoms with van der Waals surface area (Å²) in [6.07, 6.45) is 0. The molecule has 2 aliphatic heterocycles. The van der Waals surface area contributed by atoms with E-state index in [1.165, 1.54) is 0 Å². The van der Waals surface area contributed by atoms with Crippen molar-refractivity contribution in [3.05, 3.63) is 28.2 Å². The number of nitrogens with one attached hydrogen (secondary N) is 2. The van der Waals surface area contributed by atoms with Gasteiger partial charge in [-0.05, 0) is 32.2 Å². The minimum atomic E-state index is -0.676. The third-order valence-electron chi connectivity index (χ3n) is 4.53. The van der Waals surface area contributed by atoms with Gasteiger partial charge in [0.25, 0.3) is 5.91 Å². The highest BCUT2D eigenvalue weighted by Crippen LogP contribution is 2.28. The van der Waals surface area contributed by atoms with Crippen LogP contribution in [0.3, 0.4) is 0 Å². The molecule has 0 aliphatic carbocycles. The molecular formula is C16H19BrN4O3. The van der Waals surface area contributed by atoms with Crippen LogP contribution in [0.4, 0.5) is 5.69 Å². The number of hydrogen-bond donors (Lipinski definition) is 2. The lowest BCUT2D eigenvalue weighted by Gasteiger charge is -2.40. The molecule has 7 nitrogen and oxygen atoms in total. The Hall–Kier alpha value is -1.93. The van der Waals surface area contributed by atoms with Crippen LogP contribution in [0.2, 0.25) is 0 Å². The van der Waals surface area contributed by atoms with Gasteiger partial charge in [-0.2, -0.15) is 0 Å². The number of rotatable bonds is 2. The number of anilines is 1. The first-order chi connectivity index (χ1) is 11.4. The van der Waals surface area contributed by atoms with Crippen LogP contribution in [0, 0.1) is 0 Å². The van der Waals surface area contributed by atoms with Crippen molar-refractivity contribution in [2.75, 3.05) is 32.0 Å². The summed E-state index contributed by atoms with van der Waals surface area (Å²) in [5.41, 5.74) is 0.965. The molecule has 2 heterocycles. The van der Waals surface area contributed by atoms with Crippen LogP contribution in [0.5, 0.6) is 0 Å². The molecule has 1 fully saturated rings. The molecule has 0 bridgehead atoms. The molecule has 24 heavy (non-hydrogen) atoms. The Morgan fingerprint density at radius 2 is 2.12 bits per heavy atom. The van der Waals surface area contributed by atoms with E-state index in [9.17, 15) is 14.4 Å². The fraction of sp³-hybridized carbons (Fsp3) is 0.438. The van der Waals surface area contributed by atoms with Gasteiger partial charge in [0.2, 0.25) is 11.8 Å². The Kier molecular flexibility index (Phi) is 4.60. The molecule has 128 valence electrons. The second-order valence-corrected chi connectivity index (χ2v) is 6.90. The van der Waals surface area contributed by atoms with Gasteiger partial charge in [0.1, 0.15) is 6.04 Å². The van der Waals surface area contributed by atoms with E-state index in [0.717, 1.165) is 4.47 Å². The fourth-order valence-corrected chi connectivity index (χ4v) is 3.38. The Morgan fingerprint density at radius 1 is 1.38 bits per heavy atom. The predicted molar refractivity (Wildman–Crippen MR) is 92.7 cm³/mol. The molecule has 0 spiro atoms. The second kappa shape index (κ2) is 6.52. The van der Waals surface area contributed by atoms with Crippen molar-refractivity contribution in [1.82, 2.24) is 15.1 Å². The second-order valence-electron chi connectivity index (χ2n) is 5.99. The summed E-state index contributed by atoms with van der Waals surface area (Å²) in [5.74, 6) is -0.524. The number of hydrogen-bond acceptors (Lipinski definition) is 4. The molecule has 1 aromatic carbocycles. The first kappa shape index (κ1) is 16.9. The summed E-state index contributed by atoms with van der Waals surface area (Å²) in [5, 5.41) is 5.72. The number of piperazine rings is 1. The zero-order chi connectivity index (χ0) is 17.4. The molecule has 2 aliphatic rings. The summed E-state index contributed by atoms with van der Waals surface area (Å²) in [4.78, 5) is 41.0. The molecule has 3 amide bonds. The minimum absolute atomic E-state index is 0.0677. The zero-order valence-electron chi connectivity index (χ0n) is 13.5. The largest absolute Gasteiger partial charge is 0.337 e. The maximum absolute atomic E-state index is 12.8. The third kappa shape index (κ3) is 2.91. The van der Waals surface area contributed by atoms with Gasteiger partial charge < -0.3 is 20.4 Å². The SMILES string of the molecule is CN[C@@H](C)C(=O)N1CCN2C(=O)c3cc(Br)ccc3NC(=O)[C@@H]2C1. The highest BCUT2D eigenvalue weighted by Gasteiger charge is 2.40. The predicted octanol–water partition coefficient (Wildman–Crippen LogP) is 0.662. The van der Waals surface area contributed by atoms with Crippen LogP contribution >= 0.6 is 15.9 Å². The van der Waals surface area contributed by atoms with Crippen molar-refractivity contribution in [1.29, 1.82) is 0 Å². The maximum Gasteiger partial charge on any atom is 0.256 e. The molecule has 1 aromatic rings. The third-order valence-corrected chi connectivity index (χ3v) is 5.02. The number of likely N-dealkylation sites (N-methyl/N-ethyl adjacent to an activating group) is 1. The van der Waals surface area contributed by atoms with E-state index in [2.05, 4.69) is 26.6 Å². The number of nitrogens with zero attached hydrogens (tertiary/aromatic N) is 2. The number of halogens is 1. The van der Waals surface area contributed by atoms with Gasteiger partial charge in [0.05, 0.1) is 23.8 Å². The van der Waals surface area contributed by atoms with Crippen molar-refractivity contribution >= 4 is 39.3 Å². The summed E-state index contributed by atoms with van der Waals surface area (Å²) in [6, 6.07) is 4.20. The van der Waals surface area contributed by atoms with E-state index in [0.29, 0.717) is 24.3 Å². The first-order valence-electron chi connectivity index (χ1n) is 7.80. The lowest BCUT2D eigenvalue weighted by molar-refractivity contribution is -0.137. The van der Waals surface area contributed by atoms with Crippen LogP contribution in [0.25, 0.3) is 0 Å². The molecule has 8 heteroatoms. The number of amides is 3. The van der Waals surface area contributed by atoms with Crippen LogP contribution in [-0.4, -0.2) is 66.3 Å². The Labute approximate surface area is 148 Å². The standard InChI is InChI=1S/C16H19BrN4O3/c1-9(18-2)15(23)20-5-6-21-13(8-20)14(22)19-12-4-3-10(17)7-11(12)16(21)24/h3-4,7,9,13,18H,5-6,8H2,1-2H3,(H,19,22)/t9-,13-/m0/s1. The summed E-state index contributed by atoms with van der Waals surface area (Å²) in [7, 11) is 1.72. The smallest absolute Gasteiger partial charge is 0.256 e. The van der Waals surface area contributed by atoms with Crippen molar-refractivity contribution < 1.29 is 14.4 Å². The van der Waals surface area contributed by atoms with E-state index in [4.69, 9.17) is 0 Å². The molecule has 0 unspecified atom stereocenters. The lowest BCUT2D eigenvalue weighted by Crippen LogP contribution is -2.61. The quantitative estimate of drug-likeness (QED) is 0.771. The molecule has 2 atom stereocenters. The average Bonchev–Trinajstić information content (AvgIpc) is 2.69. The van der Waals surface area contributed by atoms with E-state index >= 15 is 0 Å². The molecule has 3 rings (SSSR count). The molecular weight excluding hydrogens is 376 g/mol. The van der Waals surface area contributed by atoms with Gasteiger partial charge in [0, 0.05) is 17.6 Å². The Morgan fingerprint density at radius 3 is 2.83 bits per heavy atom. The summed E-state index contributed by atoms with van der Waals surface area (Å²) in [6.45, 7) is 2.74. The molecule has 2 N–H and O–H groups in total. The van der Waals surface area contributed by atoms with Crippen LogP contribution in [0.15, 0.2) is 22.7 Å². The Balaban J connectivity index is 1.88. The molecule has 0 aromatic heterocycles. The van der Waals surface area contributed by atoms with Crippen LogP contribution in [0.1, 0.15) is 17.3 Å². The van der Waals surface area contributed by atoms with E-state index in [-0.39, 0.29) is 30.3 Å². The topological polar surface area (TPSA) is 81.8 Å². The fourth-order valence-electron chi connectivity index (χ4n) is 3.02. The van der Waals surface area contributed by atoms with Crippen molar-refractivity contribution in [3.8, 4) is 0 Å². The van der Waals surface area contributed by atoms with E-state index < -0.39 is 6.04 Å². The first-order valence-corrected chi connectivity index (χ1v) is 8.59. The number of benzene rings is 1. The maximum atomic E-state index is 12.8.